The molecule has 0 saturated heterocycles. The van der Waals surface area contributed by atoms with E-state index in [4.69, 9.17) is 5.73 Å². The average molecular weight is 248 g/mol. The zero-order valence-electron chi connectivity index (χ0n) is 11.8. The fourth-order valence-corrected chi connectivity index (χ4v) is 2.19. The number of hydrogen-bond donors (Lipinski definition) is 1. The Morgan fingerprint density at radius 1 is 0.944 bits per heavy atom. The Kier molecular flexibility index (Phi) is 8.53. The molecule has 0 aliphatic rings. The van der Waals surface area contributed by atoms with Gasteiger partial charge in [0.25, 0.3) is 0 Å². The van der Waals surface area contributed by atoms with Crippen LogP contribution in [0, 0.1) is 0 Å². The molecular weight excluding hydrogens is 220 g/mol. The first-order valence-corrected chi connectivity index (χ1v) is 7.33. The highest BCUT2D eigenvalue weighted by Crippen LogP contribution is 2.08. The molecule has 1 aromatic carbocycles. The largest absolute Gasteiger partial charge is 0.330 e. The van der Waals surface area contributed by atoms with Gasteiger partial charge in [0.1, 0.15) is 0 Å². The van der Waals surface area contributed by atoms with E-state index in [1.807, 2.05) is 0 Å². The van der Waals surface area contributed by atoms with Crippen LogP contribution in [0.1, 0.15) is 44.6 Å². The Labute approximate surface area is 112 Å². The van der Waals surface area contributed by atoms with Crippen LogP contribution in [0.25, 0.3) is 0 Å². The third-order valence-electron chi connectivity index (χ3n) is 3.26. The van der Waals surface area contributed by atoms with Gasteiger partial charge in [0.05, 0.1) is 0 Å². The van der Waals surface area contributed by atoms with Gasteiger partial charge >= 0.3 is 0 Å². The maximum atomic E-state index is 5.62. The molecule has 0 atom stereocenters. The van der Waals surface area contributed by atoms with Crippen molar-refractivity contribution in [2.75, 3.05) is 19.6 Å². The third kappa shape index (κ3) is 6.77. The third-order valence-corrected chi connectivity index (χ3v) is 3.26. The Morgan fingerprint density at radius 2 is 1.67 bits per heavy atom. The van der Waals surface area contributed by atoms with Crippen LogP contribution >= 0.6 is 0 Å². The standard InChI is InChI=1S/C16H28N2/c1-2-3-4-8-13-18(14-9-12-17)15-16-10-6-5-7-11-16/h5-7,10-11H,2-4,8-9,12-15,17H2,1H3. The van der Waals surface area contributed by atoms with E-state index in [1.165, 1.54) is 37.8 Å². The van der Waals surface area contributed by atoms with Gasteiger partial charge < -0.3 is 5.73 Å². The fourth-order valence-electron chi connectivity index (χ4n) is 2.19. The number of hydrogen-bond acceptors (Lipinski definition) is 2. The zero-order chi connectivity index (χ0) is 13.1. The number of unbranched alkanes of at least 4 members (excludes halogenated alkanes) is 3. The van der Waals surface area contributed by atoms with Crippen molar-refractivity contribution in [3.63, 3.8) is 0 Å². The lowest BCUT2D eigenvalue weighted by Gasteiger charge is -2.22. The van der Waals surface area contributed by atoms with Crippen molar-refractivity contribution in [1.29, 1.82) is 0 Å². The molecule has 0 bridgehead atoms. The molecule has 102 valence electrons. The van der Waals surface area contributed by atoms with Crippen molar-refractivity contribution in [1.82, 2.24) is 4.90 Å². The van der Waals surface area contributed by atoms with Crippen LogP contribution in [-0.4, -0.2) is 24.5 Å². The molecule has 0 fully saturated rings. The van der Waals surface area contributed by atoms with E-state index in [-0.39, 0.29) is 0 Å². The van der Waals surface area contributed by atoms with Gasteiger partial charge in [0, 0.05) is 6.54 Å². The first-order valence-electron chi connectivity index (χ1n) is 7.33. The minimum Gasteiger partial charge on any atom is -0.330 e. The summed E-state index contributed by atoms with van der Waals surface area (Å²) in [7, 11) is 0. The molecule has 2 nitrogen and oxygen atoms in total. The topological polar surface area (TPSA) is 29.3 Å². The van der Waals surface area contributed by atoms with Crippen LogP contribution in [0.5, 0.6) is 0 Å². The van der Waals surface area contributed by atoms with Gasteiger partial charge in [-0.2, -0.15) is 0 Å². The van der Waals surface area contributed by atoms with Crippen LogP contribution in [0.3, 0.4) is 0 Å². The van der Waals surface area contributed by atoms with Gasteiger partial charge in [-0.3, -0.25) is 4.90 Å². The SMILES string of the molecule is CCCCCCN(CCCN)Cc1ccccc1. The highest BCUT2D eigenvalue weighted by Gasteiger charge is 2.04. The lowest BCUT2D eigenvalue weighted by atomic mass is 10.1. The highest BCUT2D eigenvalue weighted by molar-refractivity contribution is 5.14. The number of nitrogens with two attached hydrogens (primary N) is 1. The van der Waals surface area contributed by atoms with E-state index in [0.29, 0.717) is 0 Å². The van der Waals surface area contributed by atoms with Crippen LogP contribution in [-0.2, 0) is 6.54 Å². The summed E-state index contributed by atoms with van der Waals surface area (Å²) in [6.45, 7) is 6.44. The second-order valence-electron chi connectivity index (χ2n) is 4.96. The first kappa shape index (κ1) is 15.2. The zero-order valence-corrected chi connectivity index (χ0v) is 11.8. The average Bonchev–Trinajstić information content (AvgIpc) is 2.41. The molecule has 0 aromatic heterocycles. The van der Waals surface area contributed by atoms with Crippen molar-refractivity contribution in [3.05, 3.63) is 35.9 Å². The van der Waals surface area contributed by atoms with E-state index in [1.54, 1.807) is 0 Å². The first-order chi connectivity index (χ1) is 8.86. The Balaban J connectivity index is 2.35. The number of benzene rings is 1. The van der Waals surface area contributed by atoms with Gasteiger partial charge in [-0.25, -0.2) is 0 Å². The number of nitrogens with zero attached hydrogens (tertiary/aromatic N) is 1. The molecular formula is C16H28N2. The molecule has 0 radical (unpaired) electrons. The summed E-state index contributed by atoms with van der Waals surface area (Å²) in [6.07, 6.45) is 6.42. The lowest BCUT2D eigenvalue weighted by Crippen LogP contribution is -2.27. The van der Waals surface area contributed by atoms with Crippen molar-refractivity contribution in [3.8, 4) is 0 Å². The molecule has 0 aliphatic heterocycles. The quantitative estimate of drug-likeness (QED) is 0.643. The monoisotopic (exact) mass is 248 g/mol. The molecule has 0 amide bonds. The molecule has 1 aromatic rings. The normalized spacial score (nSPS) is 11.1. The molecule has 1 rings (SSSR count). The predicted molar refractivity (Wildman–Crippen MR) is 79.5 cm³/mol. The van der Waals surface area contributed by atoms with Crippen molar-refractivity contribution < 1.29 is 0 Å². The number of rotatable bonds is 10. The van der Waals surface area contributed by atoms with E-state index < -0.39 is 0 Å². The molecule has 0 aliphatic carbocycles. The summed E-state index contributed by atoms with van der Waals surface area (Å²) in [4.78, 5) is 2.54. The van der Waals surface area contributed by atoms with Crippen LogP contribution in [0.2, 0.25) is 0 Å². The maximum absolute atomic E-state index is 5.62. The van der Waals surface area contributed by atoms with Crippen molar-refractivity contribution in [2.45, 2.75) is 45.6 Å². The second-order valence-corrected chi connectivity index (χ2v) is 4.96. The molecule has 18 heavy (non-hydrogen) atoms. The minimum absolute atomic E-state index is 0.792. The summed E-state index contributed by atoms with van der Waals surface area (Å²) < 4.78 is 0. The predicted octanol–water partition coefficient (Wildman–Crippen LogP) is 3.42. The Bertz CT molecular complexity index is 284. The molecule has 0 saturated carbocycles. The van der Waals surface area contributed by atoms with Gasteiger partial charge in [0.2, 0.25) is 0 Å². The molecule has 0 spiro atoms. The molecule has 2 heteroatoms. The smallest absolute Gasteiger partial charge is 0.0233 e. The summed E-state index contributed by atoms with van der Waals surface area (Å²) in [5.74, 6) is 0. The lowest BCUT2D eigenvalue weighted by molar-refractivity contribution is 0.257. The Morgan fingerprint density at radius 3 is 2.33 bits per heavy atom. The second kappa shape index (κ2) is 10.1. The molecule has 0 unspecified atom stereocenters. The highest BCUT2D eigenvalue weighted by atomic mass is 15.1. The van der Waals surface area contributed by atoms with E-state index in [2.05, 4.69) is 42.2 Å². The fraction of sp³-hybridized carbons (Fsp3) is 0.625. The summed E-state index contributed by atoms with van der Waals surface area (Å²) in [6, 6.07) is 10.7. The van der Waals surface area contributed by atoms with E-state index in [9.17, 15) is 0 Å². The van der Waals surface area contributed by atoms with E-state index in [0.717, 1.165) is 26.1 Å². The van der Waals surface area contributed by atoms with Crippen molar-refractivity contribution >= 4 is 0 Å². The summed E-state index contributed by atoms with van der Waals surface area (Å²) >= 11 is 0. The summed E-state index contributed by atoms with van der Waals surface area (Å²) in [5.41, 5.74) is 7.03. The summed E-state index contributed by atoms with van der Waals surface area (Å²) in [5, 5.41) is 0. The maximum Gasteiger partial charge on any atom is 0.0233 e. The van der Waals surface area contributed by atoms with Crippen LogP contribution in [0.15, 0.2) is 30.3 Å². The minimum atomic E-state index is 0.792. The molecule has 2 N–H and O–H groups in total. The molecule has 0 heterocycles. The van der Waals surface area contributed by atoms with Crippen molar-refractivity contribution in [2.24, 2.45) is 5.73 Å². The van der Waals surface area contributed by atoms with Crippen LogP contribution < -0.4 is 5.73 Å². The van der Waals surface area contributed by atoms with Gasteiger partial charge in [-0.15, -0.1) is 0 Å². The van der Waals surface area contributed by atoms with Gasteiger partial charge in [-0.1, -0.05) is 56.5 Å². The van der Waals surface area contributed by atoms with E-state index >= 15 is 0 Å². The van der Waals surface area contributed by atoms with Crippen LogP contribution in [0.4, 0.5) is 0 Å². The van der Waals surface area contributed by atoms with Gasteiger partial charge in [-0.05, 0) is 38.0 Å². The van der Waals surface area contributed by atoms with Gasteiger partial charge in [0.15, 0.2) is 0 Å². The Hall–Kier alpha value is -0.860.